The number of nitrogens with one attached hydrogen (secondary N) is 2. The van der Waals surface area contributed by atoms with Gasteiger partial charge in [-0.3, -0.25) is 4.72 Å². The first-order valence-electron chi connectivity index (χ1n) is 12.1. The summed E-state index contributed by atoms with van der Waals surface area (Å²) < 4.78 is 56.5. The van der Waals surface area contributed by atoms with Crippen LogP contribution in [0.5, 0.6) is 0 Å². The predicted molar refractivity (Wildman–Crippen MR) is 150 cm³/mol. The molecule has 0 aliphatic carbocycles. The van der Waals surface area contributed by atoms with Gasteiger partial charge in [0.05, 0.1) is 32.7 Å². The number of halogens is 3. The molecule has 2 unspecified atom stereocenters. The first-order chi connectivity index (χ1) is 18.1. The number of thiazole rings is 1. The molecule has 0 amide bonds. The molecule has 0 radical (unpaired) electrons. The van der Waals surface area contributed by atoms with Crippen LogP contribution < -0.4 is 10.0 Å². The highest BCUT2D eigenvalue weighted by Gasteiger charge is 2.28. The molecule has 0 fully saturated rings. The van der Waals surface area contributed by atoms with Crippen molar-refractivity contribution in [2.24, 2.45) is 5.92 Å². The summed E-state index contributed by atoms with van der Waals surface area (Å²) >= 11 is 7.57. The zero-order chi connectivity index (χ0) is 29.1. The number of nitrogens with zero attached hydrogens (tertiary/aromatic N) is 3. The van der Waals surface area contributed by atoms with E-state index < -0.39 is 39.3 Å². The molecule has 9 nitrogen and oxygen atoms in total. The third kappa shape index (κ3) is 7.61. The molecule has 0 bridgehead atoms. The Morgan fingerprint density at radius 1 is 1.26 bits per heavy atom. The minimum Gasteiger partial charge on any atom is -0.479 e. The highest BCUT2D eigenvalue weighted by Crippen LogP contribution is 2.43. The van der Waals surface area contributed by atoms with Gasteiger partial charge in [0, 0.05) is 34.7 Å². The van der Waals surface area contributed by atoms with Crippen molar-refractivity contribution in [2.75, 3.05) is 22.3 Å². The van der Waals surface area contributed by atoms with Gasteiger partial charge in [-0.1, -0.05) is 46.2 Å². The number of carboxylic acid groups (broad SMARTS) is 1. The van der Waals surface area contributed by atoms with Gasteiger partial charge in [0.15, 0.2) is 5.82 Å². The lowest BCUT2D eigenvalue weighted by Gasteiger charge is -2.14. The minimum absolute atomic E-state index is 0.0121. The number of aromatic nitrogens is 3. The van der Waals surface area contributed by atoms with Crippen LogP contribution in [0.15, 0.2) is 24.4 Å². The Labute approximate surface area is 235 Å². The van der Waals surface area contributed by atoms with Gasteiger partial charge in [0.1, 0.15) is 0 Å². The summed E-state index contributed by atoms with van der Waals surface area (Å²) in [6, 6.07) is 4.17. The second kappa shape index (κ2) is 12.1. The van der Waals surface area contributed by atoms with E-state index in [1.54, 1.807) is 13.0 Å². The Bertz CT molecular complexity index is 1460. The third-order valence-electron chi connectivity index (χ3n) is 5.51. The summed E-state index contributed by atoms with van der Waals surface area (Å²) in [5.41, 5.74) is -0.115. The zero-order valence-electron chi connectivity index (χ0n) is 22.0. The van der Waals surface area contributed by atoms with Gasteiger partial charge in [-0.05, 0) is 24.6 Å². The molecule has 3 aromatic rings. The molecule has 1 aromatic carbocycles. The van der Waals surface area contributed by atoms with Crippen LogP contribution >= 0.6 is 22.9 Å². The number of aliphatic carboxylic acids is 1. The summed E-state index contributed by atoms with van der Waals surface area (Å²) in [6.07, 6.45) is -0.253. The molecule has 2 aromatic heterocycles. The predicted octanol–water partition coefficient (Wildman–Crippen LogP) is 5.98. The lowest BCUT2D eigenvalue weighted by molar-refractivity contribution is -0.144. The molecule has 14 heteroatoms. The smallest absolute Gasteiger partial charge is 0.338 e. The van der Waals surface area contributed by atoms with Crippen molar-refractivity contribution in [2.45, 2.75) is 52.6 Å². The van der Waals surface area contributed by atoms with Gasteiger partial charge in [-0.15, -0.1) is 11.3 Å². The molecule has 0 spiro atoms. The Hall–Kier alpha value is -2.90. The van der Waals surface area contributed by atoms with Gasteiger partial charge in [-0.25, -0.2) is 36.9 Å². The number of carboxylic acids is 1. The molecule has 3 N–H and O–H groups in total. The average molecular weight is 602 g/mol. The quantitative estimate of drug-likeness (QED) is 0.244. The van der Waals surface area contributed by atoms with E-state index in [1.807, 2.05) is 20.8 Å². The van der Waals surface area contributed by atoms with Crippen LogP contribution in [0.25, 0.3) is 21.8 Å². The van der Waals surface area contributed by atoms with E-state index in [-0.39, 0.29) is 40.2 Å². The highest BCUT2D eigenvalue weighted by molar-refractivity contribution is 7.92. The summed E-state index contributed by atoms with van der Waals surface area (Å²) in [5, 5.41) is 12.5. The van der Waals surface area contributed by atoms with Gasteiger partial charge in [0.2, 0.25) is 22.1 Å². The lowest BCUT2D eigenvalue weighted by atomic mass is 9.98. The Morgan fingerprint density at radius 3 is 2.56 bits per heavy atom. The van der Waals surface area contributed by atoms with E-state index in [0.29, 0.717) is 22.0 Å². The number of carbonyl (C=O) groups is 1. The van der Waals surface area contributed by atoms with E-state index >= 15 is 4.39 Å². The number of rotatable bonds is 11. The molecule has 0 aliphatic heterocycles. The number of benzene rings is 1. The summed E-state index contributed by atoms with van der Waals surface area (Å²) in [7, 11) is -3.79. The van der Waals surface area contributed by atoms with Crippen molar-refractivity contribution in [1.29, 1.82) is 0 Å². The number of hydrogen-bond acceptors (Lipinski definition) is 8. The SMILES string of the molecule is CCCS(=O)(=O)Nc1cc(Cl)cc(-c2nc(C(C)(C)C)sc2-c2ccnc(NCC(C)C(F)C(=O)O)n2)c1F. The fourth-order valence-corrected chi connectivity index (χ4v) is 5.94. The molecule has 2 heterocycles. The van der Waals surface area contributed by atoms with Crippen LogP contribution in [0.2, 0.25) is 5.02 Å². The number of alkyl halides is 1. The molecule has 212 valence electrons. The second-order valence-corrected chi connectivity index (χ2v) is 13.3. The molecule has 0 saturated carbocycles. The first-order valence-corrected chi connectivity index (χ1v) is 14.9. The van der Waals surface area contributed by atoms with Gasteiger partial charge in [-0.2, -0.15) is 0 Å². The zero-order valence-corrected chi connectivity index (χ0v) is 24.4. The maximum Gasteiger partial charge on any atom is 0.338 e. The molecule has 3 rings (SSSR count). The summed E-state index contributed by atoms with van der Waals surface area (Å²) in [6.45, 7) is 8.94. The second-order valence-electron chi connectivity index (χ2n) is 10.0. The van der Waals surface area contributed by atoms with Crippen molar-refractivity contribution < 1.29 is 27.1 Å². The van der Waals surface area contributed by atoms with Crippen molar-refractivity contribution >= 4 is 50.6 Å². The number of hydrogen-bond donors (Lipinski definition) is 3. The number of anilines is 2. The normalized spacial score (nSPS) is 13.6. The van der Waals surface area contributed by atoms with Crippen molar-refractivity contribution in [1.82, 2.24) is 15.0 Å². The van der Waals surface area contributed by atoms with Gasteiger partial charge < -0.3 is 10.4 Å². The standard InChI is InChI=1S/C25H30ClF2N5O4S2/c1-6-9-39(36,37)33-17-11-14(26)10-15(19(17)28)20-21(38-23(32-20)25(3,4)5)16-7-8-29-24(31-16)30-12-13(2)18(27)22(34)35/h7-8,10-11,13,18,33H,6,9,12H2,1-5H3,(H,34,35)(H,29,30,31). The summed E-state index contributed by atoms with van der Waals surface area (Å²) in [4.78, 5) is 24.7. The van der Waals surface area contributed by atoms with Crippen LogP contribution in [0.1, 0.15) is 46.0 Å². The van der Waals surface area contributed by atoms with Crippen molar-refractivity contribution in [3.63, 3.8) is 0 Å². The van der Waals surface area contributed by atoms with E-state index in [4.69, 9.17) is 21.7 Å². The lowest BCUT2D eigenvalue weighted by Crippen LogP contribution is -2.28. The van der Waals surface area contributed by atoms with E-state index in [2.05, 4.69) is 20.0 Å². The van der Waals surface area contributed by atoms with Gasteiger partial charge in [0.25, 0.3) is 0 Å². The monoisotopic (exact) mass is 601 g/mol. The fraction of sp³-hybridized carbons (Fsp3) is 0.440. The van der Waals surface area contributed by atoms with Crippen LogP contribution in [-0.4, -0.2) is 52.9 Å². The Morgan fingerprint density at radius 2 is 1.95 bits per heavy atom. The summed E-state index contributed by atoms with van der Waals surface area (Å²) in [5.74, 6) is -3.31. The largest absolute Gasteiger partial charge is 0.479 e. The van der Waals surface area contributed by atoms with E-state index in [9.17, 15) is 17.6 Å². The van der Waals surface area contributed by atoms with Crippen LogP contribution in [0, 0.1) is 11.7 Å². The first kappa shape index (κ1) is 30.6. The molecule has 2 atom stereocenters. The van der Waals surface area contributed by atoms with E-state index in [1.165, 1.54) is 36.6 Å². The average Bonchev–Trinajstić information content (AvgIpc) is 3.30. The topological polar surface area (TPSA) is 134 Å². The van der Waals surface area contributed by atoms with E-state index in [0.717, 1.165) is 0 Å². The van der Waals surface area contributed by atoms with Crippen LogP contribution in [0.3, 0.4) is 0 Å². The Kier molecular flexibility index (Phi) is 9.50. The molecule has 0 aliphatic rings. The third-order valence-corrected chi connectivity index (χ3v) is 8.70. The van der Waals surface area contributed by atoms with Crippen LogP contribution in [0.4, 0.5) is 20.4 Å². The van der Waals surface area contributed by atoms with Gasteiger partial charge >= 0.3 is 5.97 Å². The number of sulfonamides is 1. The van der Waals surface area contributed by atoms with Crippen molar-refractivity contribution in [3.8, 4) is 21.8 Å². The van der Waals surface area contributed by atoms with Crippen molar-refractivity contribution in [3.05, 3.63) is 40.2 Å². The molecular formula is C25H30ClF2N5O4S2. The maximum absolute atomic E-state index is 15.8. The fourth-order valence-electron chi connectivity index (χ4n) is 3.49. The molecular weight excluding hydrogens is 572 g/mol. The maximum atomic E-state index is 15.8. The molecule has 39 heavy (non-hydrogen) atoms. The highest BCUT2D eigenvalue weighted by atomic mass is 35.5. The van der Waals surface area contributed by atoms with Crippen LogP contribution in [-0.2, 0) is 20.2 Å². The molecule has 0 saturated heterocycles. The Balaban J connectivity index is 2.09. The minimum atomic E-state index is -3.79.